The first-order chi connectivity index (χ1) is 2.89. The van der Waals surface area contributed by atoms with E-state index in [1.165, 1.54) is 6.20 Å². The lowest BCUT2D eigenvalue weighted by molar-refractivity contribution is -0.472. The molecule has 0 bridgehead atoms. The van der Waals surface area contributed by atoms with Gasteiger partial charge in [-0.05, 0) is 0 Å². The number of nitrogens with zero attached hydrogens (tertiary/aromatic N) is 1. The normalized spacial score (nSPS) is 18.3. The fourth-order valence-corrected chi connectivity index (χ4v) is 0.331. The Bertz CT molecular complexity index is 97.0. The SMILES string of the molecule is O=[N+]1C=CNC1. The molecule has 0 aliphatic carbocycles. The highest BCUT2D eigenvalue weighted by Gasteiger charge is 2.04. The minimum Gasteiger partial charge on any atom is -0.328 e. The Balaban J connectivity index is 2.59. The van der Waals surface area contributed by atoms with Crippen LogP contribution in [-0.4, -0.2) is 11.4 Å². The van der Waals surface area contributed by atoms with E-state index in [-0.39, 0.29) is 0 Å². The standard InChI is InChI=1S/C3H5N2O/c6-5-2-1-4-3-5/h1-2,4H,3H2/q+1. The number of nitrogens with one attached hydrogen (secondary N) is 1. The van der Waals surface area contributed by atoms with E-state index in [0.717, 1.165) is 4.76 Å². The van der Waals surface area contributed by atoms with Gasteiger partial charge in [-0.1, -0.05) is 0 Å². The van der Waals surface area contributed by atoms with E-state index >= 15 is 0 Å². The summed E-state index contributed by atoms with van der Waals surface area (Å²) >= 11 is 0. The van der Waals surface area contributed by atoms with Crippen LogP contribution in [0.2, 0.25) is 0 Å². The molecule has 0 aromatic rings. The quantitative estimate of drug-likeness (QED) is 0.413. The van der Waals surface area contributed by atoms with Crippen LogP contribution in [0.15, 0.2) is 12.4 Å². The van der Waals surface area contributed by atoms with Gasteiger partial charge in [-0.15, -0.1) is 0 Å². The van der Waals surface area contributed by atoms with Crippen LogP contribution in [-0.2, 0) is 0 Å². The Morgan fingerprint density at radius 3 is 2.83 bits per heavy atom. The molecule has 1 aliphatic heterocycles. The summed E-state index contributed by atoms with van der Waals surface area (Å²) in [6, 6.07) is 0. The van der Waals surface area contributed by atoms with Crippen molar-refractivity contribution in [1.82, 2.24) is 5.32 Å². The lowest BCUT2D eigenvalue weighted by Crippen LogP contribution is -2.06. The minimum absolute atomic E-state index is 0.403. The maximum Gasteiger partial charge on any atom is 0.270 e. The van der Waals surface area contributed by atoms with Gasteiger partial charge in [0.15, 0.2) is 0 Å². The van der Waals surface area contributed by atoms with Crippen molar-refractivity contribution in [2.45, 2.75) is 0 Å². The number of rotatable bonds is 0. The molecule has 1 heterocycles. The fraction of sp³-hybridized carbons (Fsp3) is 0.333. The topological polar surface area (TPSA) is 32.1 Å². The van der Waals surface area contributed by atoms with Crippen LogP contribution in [0.1, 0.15) is 0 Å². The Labute approximate surface area is 35.2 Å². The van der Waals surface area contributed by atoms with Crippen molar-refractivity contribution in [2.24, 2.45) is 0 Å². The molecule has 0 fully saturated rings. The Hall–Kier alpha value is -0.860. The summed E-state index contributed by atoms with van der Waals surface area (Å²) in [5, 5.41) is 2.70. The molecule has 3 heteroatoms. The van der Waals surface area contributed by atoms with Gasteiger partial charge in [0.05, 0.1) is 11.0 Å². The molecule has 0 unspecified atom stereocenters. The molecule has 0 amide bonds. The first-order valence-corrected chi connectivity index (χ1v) is 1.73. The summed E-state index contributed by atoms with van der Waals surface area (Å²) in [4.78, 5) is 10.0. The molecule has 0 spiro atoms. The molecule has 3 nitrogen and oxygen atoms in total. The van der Waals surface area contributed by atoms with E-state index in [4.69, 9.17) is 0 Å². The molecule has 0 atom stereocenters. The highest BCUT2D eigenvalue weighted by Crippen LogP contribution is 1.78. The molecule has 6 heavy (non-hydrogen) atoms. The van der Waals surface area contributed by atoms with Gasteiger partial charge in [-0.3, -0.25) is 0 Å². The van der Waals surface area contributed by atoms with Crippen molar-refractivity contribution in [1.29, 1.82) is 0 Å². The van der Waals surface area contributed by atoms with E-state index in [9.17, 15) is 4.91 Å². The van der Waals surface area contributed by atoms with E-state index in [0.29, 0.717) is 6.67 Å². The lowest BCUT2D eigenvalue weighted by atomic mass is 11.0. The maximum atomic E-state index is 10.0. The van der Waals surface area contributed by atoms with Crippen LogP contribution in [0.4, 0.5) is 0 Å². The zero-order valence-electron chi connectivity index (χ0n) is 3.22. The van der Waals surface area contributed by atoms with Crippen LogP contribution in [0.25, 0.3) is 0 Å². The largest absolute Gasteiger partial charge is 0.328 e. The summed E-state index contributed by atoms with van der Waals surface area (Å²) in [6.07, 6.45) is 3.06. The Morgan fingerprint density at radius 2 is 2.67 bits per heavy atom. The molecule has 0 saturated heterocycles. The van der Waals surface area contributed by atoms with Crippen LogP contribution < -0.4 is 5.32 Å². The van der Waals surface area contributed by atoms with Gasteiger partial charge in [-0.25, -0.2) is 0 Å². The van der Waals surface area contributed by atoms with E-state index in [1.54, 1.807) is 6.20 Å². The second kappa shape index (κ2) is 1.08. The predicted octanol–water partition coefficient (Wildman–Crippen LogP) is -0.203. The monoisotopic (exact) mass is 85.0 g/mol. The molecular formula is C3H5N2O+. The first kappa shape index (κ1) is 3.33. The van der Waals surface area contributed by atoms with Crippen LogP contribution in [0.5, 0.6) is 0 Å². The lowest BCUT2D eigenvalue weighted by Gasteiger charge is -1.70. The number of nitroso groups, excluding NO2 is 1. The second-order valence-electron chi connectivity index (χ2n) is 1.10. The van der Waals surface area contributed by atoms with Crippen LogP contribution in [0.3, 0.4) is 0 Å². The van der Waals surface area contributed by atoms with Gasteiger partial charge in [-0.2, -0.15) is 0 Å². The van der Waals surface area contributed by atoms with Crippen molar-refractivity contribution in [2.75, 3.05) is 6.67 Å². The highest BCUT2D eigenvalue weighted by molar-refractivity contribution is 4.71. The van der Waals surface area contributed by atoms with Crippen LogP contribution >= 0.6 is 0 Å². The predicted molar refractivity (Wildman–Crippen MR) is 20.8 cm³/mol. The Kier molecular flexibility index (Phi) is 0.602. The van der Waals surface area contributed by atoms with Crippen LogP contribution in [0, 0.1) is 4.91 Å². The molecule has 0 aromatic heterocycles. The molecular weight excluding hydrogens is 80.0 g/mol. The molecule has 1 rings (SSSR count). The molecule has 0 radical (unpaired) electrons. The van der Waals surface area contributed by atoms with Gasteiger partial charge in [0.2, 0.25) is 6.20 Å². The summed E-state index contributed by atoms with van der Waals surface area (Å²) in [5.41, 5.74) is 0. The minimum atomic E-state index is 0.403. The van der Waals surface area contributed by atoms with E-state index < -0.39 is 0 Å². The third kappa shape index (κ3) is 0.381. The molecule has 1 N–H and O–H groups in total. The number of hydrogen-bond donors (Lipinski definition) is 1. The van der Waals surface area contributed by atoms with Crippen molar-refractivity contribution in [3.8, 4) is 0 Å². The average Bonchev–Trinajstić information content (AvgIpc) is 1.86. The summed E-state index contributed by atoms with van der Waals surface area (Å²) in [7, 11) is 0. The van der Waals surface area contributed by atoms with Crippen molar-refractivity contribution in [3.63, 3.8) is 0 Å². The molecule has 32 valence electrons. The summed E-state index contributed by atoms with van der Waals surface area (Å²) in [5.74, 6) is 0. The Morgan fingerprint density at radius 1 is 1.83 bits per heavy atom. The third-order valence-corrected chi connectivity index (χ3v) is 0.606. The van der Waals surface area contributed by atoms with E-state index in [2.05, 4.69) is 5.32 Å². The van der Waals surface area contributed by atoms with E-state index in [1.807, 2.05) is 0 Å². The average molecular weight is 85.1 g/mol. The third-order valence-electron chi connectivity index (χ3n) is 0.606. The van der Waals surface area contributed by atoms with Gasteiger partial charge >= 0.3 is 0 Å². The zero-order valence-corrected chi connectivity index (χ0v) is 3.22. The van der Waals surface area contributed by atoms with Crippen molar-refractivity contribution >= 4 is 0 Å². The summed E-state index contributed by atoms with van der Waals surface area (Å²) < 4.78 is 0.819. The summed E-state index contributed by atoms with van der Waals surface area (Å²) in [6.45, 7) is 0.403. The van der Waals surface area contributed by atoms with Gasteiger partial charge in [0.25, 0.3) is 6.67 Å². The second-order valence-corrected chi connectivity index (χ2v) is 1.10. The van der Waals surface area contributed by atoms with Gasteiger partial charge in [0, 0.05) is 4.91 Å². The molecule has 1 aliphatic rings. The smallest absolute Gasteiger partial charge is 0.270 e. The number of hydrogen-bond acceptors (Lipinski definition) is 2. The fourth-order valence-electron chi connectivity index (χ4n) is 0.331. The zero-order chi connectivity index (χ0) is 4.41. The molecule has 0 aromatic carbocycles. The van der Waals surface area contributed by atoms with Crippen molar-refractivity contribution < 1.29 is 4.76 Å². The van der Waals surface area contributed by atoms with Gasteiger partial charge in [0.1, 0.15) is 0 Å². The highest BCUT2D eigenvalue weighted by atomic mass is 16.3. The first-order valence-electron chi connectivity index (χ1n) is 1.73. The molecule has 0 saturated carbocycles. The van der Waals surface area contributed by atoms with Crippen molar-refractivity contribution in [3.05, 3.63) is 17.3 Å². The maximum absolute atomic E-state index is 10.0. The van der Waals surface area contributed by atoms with Gasteiger partial charge < -0.3 is 5.32 Å².